The lowest BCUT2D eigenvalue weighted by Crippen LogP contribution is -2.35. The van der Waals surface area contributed by atoms with Crippen LogP contribution in [0.15, 0.2) is 12.1 Å². The summed E-state index contributed by atoms with van der Waals surface area (Å²) in [6.45, 7) is 6.81. The molecule has 0 aliphatic rings. The molecule has 1 heterocycles. The number of nitrogens with zero attached hydrogens (tertiary/aromatic N) is 2. The second-order valence-electron chi connectivity index (χ2n) is 4.96. The predicted molar refractivity (Wildman–Crippen MR) is 87.7 cm³/mol. The highest BCUT2D eigenvalue weighted by Crippen LogP contribution is 2.15. The van der Waals surface area contributed by atoms with Gasteiger partial charge in [-0.3, -0.25) is 4.79 Å². The van der Waals surface area contributed by atoms with E-state index in [4.69, 9.17) is 0 Å². The Balaban J connectivity index is 2.85. The van der Waals surface area contributed by atoms with Gasteiger partial charge in [-0.25, -0.2) is 4.98 Å². The van der Waals surface area contributed by atoms with Crippen molar-refractivity contribution in [1.29, 1.82) is 0 Å². The van der Waals surface area contributed by atoms with Crippen LogP contribution in [0.3, 0.4) is 0 Å². The van der Waals surface area contributed by atoms with E-state index in [9.17, 15) is 4.79 Å². The second kappa shape index (κ2) is 8.15. The first kappa shape index (κ1) is 16.8. The van der Waals surface area contributed by atoms with Crippen LogP contribution in [-0.4, -0.2) is 47.4 Å². The fraction of sp³-hybridized carbons (Fsp3) is 0.600. The zero-order valence-corrected chi connectivity index (χ0v) is 13.9. The highest BCUT2D eigenvalue weighted by molar-refractivity contribution is 7.98. The monoisotopic (exact) mass is 295 g/mol. The Morgan fingerprint density at radius 2 is 2.20 bits per heavy atom. The van der Waals surface area contributed by atoms with Crippen molar-refractivity contribution in [3.8, 4) is 0 Å². The first-order valence-corrected chi connectivity index (χ1v) is 8.37. The quantitative estimate of drug-likeness (QED) is 0.840. The van der Waals surface area contributed by atoms with E-state index in [1.165, 1.54) is 0 Å². The van der Waals surface area contributed by atoms with E-state index in [1.54, 1.807) is 0 Å². The van der Waals surface area contributed by atoms with Gasteiger partial charge in [0.05, 0.1) is 0 Å². The highest BCUT2D eigenvalue weighted by Gasteiger charge is 2.18. The molecule has 1 unspecified atom stereocenters. The molecule has 20 heavy (non-hydrogen) atoms. The number of aryl methyl sites for hydroxylation is 1. The second-order valence-corrected chi connectivity index (χ2v) is 5.94. The summed E-state index contributed by atoms with van der Waals surface area (Å²) < 4.78 is 0. The molecule has 0 saturated carbocycles. The maximum Gasteiger partial charge on any atom is 0.254 e. The third-order valence-corrected chi connectivity index (χ3v) is 3.92. The number of hydrogen-bond donors (Lipinski definition) is 1. The smallest absolute Gasteiger partial charge is 0.254 e. The Bertz CT molecular complexity index is 451. The molecule has 0 saturated heterocycles. The largest absolute Gasteiger partial charge is 0.370 e. The summed E-state index contributed by atoms with van der Waals surface area (Å²) in [4.78, 5) is 18.7. The van der Waals surface area contributed by atoms with Gasteiger partial charge < -0.3 is 10.2 Å². The number of carbonyl (C=O) groups is 1. The maximum atomic E-state index is 12.5. The number of amides is 1. The molecule has 5 heteroatoms. The molecule has 0 aromatic carbocycles. The summed E-state index contributed by atoms with van der Waals surface area (Å²) in [7, 11) is 1.87. The third-order valence-electron chi connectivity index (χ3n) is 3.28. The summed E-state index contributed by atoms with van der Waals surface area (Å²) >= 11 is 1.81. The average molecular weight is 295 g/mol. The minimum absolute atomic E-state index is 0.0586. The van der Waals surface area contributed by atoms with Crippen LogP contribution in [0, 0.1) is 6.92 Å². The zero-order chi connectivity index (χ0) is 15.1. The molecular weight excluding hydrogens is 270 g/mol. The van der Waals surface area contributed by atoms with Gasteiger partial charge in [-0.05, 0) is 51.3 Å². The Morgan fingerprint density at radius 3 is 2.80 bits per heavy atom. The molecule has 1 rings (SSSR count). The minimum atomic E-state index is 0.0586. The van der Waals surface area contributed by atoms with Crippen molar-refractivity contribution in [2.45, 2.75) is 33.2 Å². The number of thioether (sulfide) groups is 1. The normalized spacial score (nSPS) is 12.1. The van der Waals surface area contributed by atoms with Gasteiger partial charge >= 0.3 is 0 Å². The summed E-state index contributed by atoms with van der Waals surface area (Å²) in [5.41, 5.74) is 1.56. The molecule has 1 atom stereocenters. The van der Waals surface area contributed by atoms with Crippen LogP contribution in [0.5, 0.6) is 0 Å². The van der Waals surface area contributed by atoms with E-state index in [0.717, 1.165) is 30.2 Å². The van der Waals surface area contributed by atoms with Crippen molar-refractivity contribution >= 4 is 23.5 Å². The van der Waals surface area contributed by atoms with Gasteiger partial charge in [0.25, 0.3) is 5.91 Å². The van der Waals surface area contributed by atoms with Gasteiger partial charge in [-0.2, -0.15) is 11.8 Å². The Labute approximate surface area is 126 Å². The van der Waals surface area contributed by atoms with Crippen molar-refractivity contribution in [3.05, 3.63) is 23.4 Å². The van der Waals surface area contributed by atoms with Crippen LogP contribution in [0.25, 0.3) is 0 Å². The molecule has 0 radical (unpaired) electrons. The number of carbonyl (C=O) groups excluding carboxylic acids is 1. The Morgan fingerprint density at radius 1 is 1.50 bits per heavy atom. The summed E-state index contributed by atoms with van der Waals surface area (Å²) in [5.74, 6) is 1.89. The fourth-order valence-corrected chi connectivity index (χ4v) is 2.53. The zero-order valence-electron chi connectivity index (χ0n) is 13.1. The van der Waals surface area contributed by atoms with Crippen molar-refractivity contribution in [1.82, 2.24) is 9.88 Å². The first-order chi connectivity index (χ1) is 9.49. The molecule has 0 aliphatic carbocycles. The maximum absolute atomic E-state index is 12.5. The molecule has 0 spiro atoms. The summed E-state index contributed by atoms with van der Waals surface area (Å²) in [6, 6.07) is 3.92. The van der Waals surface area contributed by atoms with E-state index in [2.05, 4.69) is 23.5 Å². The standard InChI is InChI=1S/C15H25N3OS/c1-6-16-14-10-13(9-11(2)17-14)15(19)18(4)12(3)7-8-20-5/h9-10,12H,6-8H2,1-5H3,(H,16,17). The highest BCUT2D eigenvalue weighted by atomic mass is 32.2. The van der Waals surface area contributed by atoms with Gasteiger partial charge in [0.1, 0.15) is 5.82 Å². The van der Waals surface area contributed by atoms with Crippen LogP contribution in [0.4, 0.5) is 5.82 Å². The summed E-state index contributed by atoms with van der Waals surface area (Å²) in [5, 5.41) is 3.16. The van der Waals surface area contributed by atoms with Crippen LogP contribution in [-0.2, 0) is 0 Å². The van der Waals surface area contributed by atoms with Crippen molar-refractivity contribution in [3.63, 3.8) is 0 Å². The van der Waals surface area contributed by atoms with E-state index in [0.29, 0.717) is 5.56 Å². The van der Waals surface area contributed by atoms with E-state index in [-0.39, 0.29) is 11.9 Å². The summed E-state index contributed by atoms with van der Waals surface area (Å²) in [6.07, 6.45) is 3.09. The molecular formula is C15H25N3OS. The number of hydrogen-bond acceptors (Lipinski definition) is 4. The minimum Gasteiger partial charge on any atom is -0.370 e. The lowest BCUT2D eigenvalue weighted by Gasteiger charge is -2.25. The van der Waals surface area contributed by atoms with E-state index < -0.39 is 0 Å². The van der Waals surface area contributed by atoms with Crippen molar-refractivity contribution in [2.24, 2.45) is 0 Å². The van der Waals surface area contributed by atoms with E-state index in [1.807, 2.05) is 49.7 Å². The van der Waals surface area contributed by atoms with Crippen molar-refractivity contribution in [2.75, 3.05) is 30.9 Å². The number of rotatable bonds is 7. The first-order valence-electron chi connectivity index (χ1n) is 6.98. The number of aromatic nitrogens is 1. The molecule has 1 amide bonds. The number of pyridine rings is 1. The predicted octanol–water partition coefficient (Wildman–Crippen LogP) is 3.04. The lowest BCUT2D eigenvalue weighted by molar-refractivity contribution is 0.0741. The van der Waals surface area contributed by atoms with Crippen LogP contribution >= 0.6 is 11.8 Å². The van der Waals surface area contributed by atoms with Gasteiger partial charge in [-0.15, -0.1) is 0 Å². The molecule has 0 bridgehead atoms. The van der Waals surface area contributed by atoms with E-state index >= 15 is 0 Å². The van der Waals surface area contributed by atoms with Crippen LogP contribution < -0.4 is 5.32 Å². The van der Waals surface area contributed by atoms with Crippen LogP contribution in [0.1, 0.15) is 36.3 Å². The topological polar surface area (TPSA) is 45.2 Å². The number of nitrogens with one attached hydrogen (secondary N) is 1. The van der Waals surface area contributed by atoms with Crippen LogP contribution in [0.2, 0.25) is 0 Å². The SMILES string of the molecule is CCNc1cc(C(=O)N(C)C(C)CCSC)cc(C)n1. The van der Waals surface area contributed by atoms with Gasteiger partial charge in [0.15, 0.2) is 0 Å². The lowest BCUT2D eigenvalue weighted by atomic mass is 10.1. The Hall–Kier alpha value is -1.23. The molecule has 1 N–H and O–H groups in total. The van der Waals surface area contributed by atoms with Gasteiger partial charge in [-0.1, -0.05) is 0 Å². The molecule has 0 aliphatic heterocycles. The third kappa shape index (κ3) is 4.71. The fourth-order valence-electron chi connectivity index (χ4n) is 1.95. The average Bonchev–Trinajstić information content (AvgIpc) is 2.42. The Kier molecular flexibility index (Phi) is 6.85. The molecule has 1 aromatic heterocycles. The van der Waals surface area contributed by atoms with Crippen molar-refractivity contribution < 1.29 is 4.79 Å². The number of anilines is 1. The molecule has 4 nitrogen and oxygen atoms in total. The molecule has 112 valence electrons. The van der Waals surface area contributed by atoms with Gasteiger partial charge in [0, 0.05) is 30.9 Å². The molecule has 0 fully saturated rings. The van der Waals surface area contributed by atoms with Gasteiger partial charge in [0.2, 0.25) is 0 Å². The molecule has 1 aromatic rings.